The van der Waals surface area contributed by atoms with Crippen LogP contribution in [0.2, 0.25) is 0 Å². The van der Waals surface area contributed by atoms with Crippen LogP contribution in [0.5, 0.6) is 5.75 Å². The minimum Gasteiger partial charge on any atom is -0.483 e. The van der Waals surface area contributed by atoms with Crippen molar-refractivity contribution in [1.82, 2.24) is 0 Å². The summed E-state index contributed by atoms with van der Waals surface area (Å²) in [4.78, 5) is 3.00. The van der Waals surface area contributed by atoms with Gasteiger partial charge in [0.15, 0.2) is 33.4 Å². The van der Waals surface area contributed by atoms with Crippen molar-refractivity contribution in [2.24, 2.45) is 0 Å². The van der Waals surface area contributed by atoms with Gasteiger partial charge in [-0.1, -0.05) is 32.9 Å². The largest absolute Gasteiger partial charge is 0.483 e. The van der Waals surface area contributed by atoms with Gasteiger partial charge in [-0.3, -0.25) is 4.55 Å². The van der Waals surface area contributed by atoms with Gasteiger partial charge in [-0.25, -0.2) is 0 Å². The van der Waals surface area contributed by atoms with Crippen LogP contribution in [0.25, 0.3) is 0 Å². The second-order valence-electron chi connectivity index (χ2n) is 10.2. The van der Waals surface area contributed by atoms with Gasteiger partial charge < -0.3 is 14.2 Å². The van der Waals surface area contributed by atoms with Gasteiger partial charge in [0, 0.05) is 5.56 Å². The maximum Gasteiger partial charge on any atom is 0.405 e. The zero-order chi connectivity index (χ0) is 27.9. The third kappa shape index (κ3) is 5.74. The summed E-state index contributed by atoms with van der Waals surface area (Å²) in [6.07, 6.45) is -2.09. The van der Waals surface area contributed by atoms with Crippen LogP contribution in [0, 0.1) is 0 Å². The van der Waals surface area contributed by atoms with Gasteiger partial charge in [0.05, 0.1) is 10.9 Å². The van der Waals surface area contributed by atoms with Crippen molar-refractivity contribution in [2.75, 3.05) is 6.79 Å². The molecule has 0 spiro atoms. The minimum atomic E-state index is -5.62. The van der Waals surface area contributed by atoms with Crippen molar-refractivity contribution < 1.29 is 36.0 Å². The maximum atomic E-state index is 13.9. The Bertz CT molecular complexity index is 1360. The Kier molecular flexibility index (Phi) is 7.68. The van der Waals surface area contributed by atoms with E-state index in [1.165, 1.54) is 17.7 Å². The summed E-state index contributed by atoms with van der Waals surface area (Å²) >= 11 is 0. The molecule has 0 aromatic heterocycles. The summed E-state index contributed by atoms with van der Waals surface area (Å²) < 4.78 is 75.1. The predicted molar refractivity (Wildman–Crippen MR) is 141 cm³/mol. The Hall–Kier alpha value is -2.50. The van der Waals surface area contributed by atoms with E-state index in [9.17, 15) is 17.2 Å². The number of rotatable bonds is 8. The molecule has 1 fully saturated rings. The predicted octanol–water partition coefficient (Wildman–Crippen LogP) is 6.50. The highest BCUT2D eigenvalue weighted by molar-refractivity contribution is 7.97. The fourth-order valence-electron chi connectivity index (χ4n) is 3.93. The van der Waals surface area contributed by atoms with Gasteiger partial charge in [0.25, 0.3) is 0 Å². The second kappa shape index (κ2) is 10.2. The molecule has 0 aliphatic carbocycles. The Balaban J connectivity index is 1.67. The first kappa shape index (κ1) is 28.5. The molecular formula is C28H31F2O6S2+. The molecule has 6 nitrogen and oxygen atoms in total. The molecule has 2 atom stereocenters. The lowest BCUT2D eigenvalue weighted by Crippen LogP contribution is -2.42. The third-order valence-corrected chi connectivity index (χ3v) is 9.68. The number of ether oxygens (including phenoxy) is 3. The molecular weight excluding hydrogens is 534 g/mol. The highest BCUT2D eigenvalue weighted by atomic mass is 32.2. The van der Waals surface area contributed by atoms with Crippen molar-refractivity contribution in [3.63, 3.8) is 0 Å². The van der Waals surface area contributed by atoms with Crippen LogP contribution in [0.3, 0.4) is 0 Å². The van der Waals surface area contributed by atoms with E-state index in [-0.39, 0.29) is 18.0 Å². The van der Waals surface area contributed by atoms with E-state index in [0.29, 0.717) is 0 Å². The van der Waals surface area contributed by atoms with E-state index in [1.54, 1.807) is 12.1 Å². The smallest absolute Gasteiger partial charge is 0.405 e. The number of hydrogen-bond acceptors (Lipinski definition) is 5. The third-order valence-electron chi connectivity index (χ3n) is 6.43. The number of halogens is 2. The molecule has 3 aromatic rings. The van der Waals surface area contributed by atoms with Crippen LogP contribution in [0.15, 0.2) is 87.5 Å². The fourth-order valence-corrected chi connectivity index (χ4v) is 6.44. The monoisotopic (exact) mass is 565 g/mol. The molecule has 4 rings (SSSR count). The van der Waals surface area contributed by atoms with Crippen LogP contribution in [-0.2, 0) is 41.7 Å². The quantitative estimate of drug-likeness (QED) is 0.248. The van der Waals surface area contributed by atoms with E-state index >= 15 is 0 Å². The molecule has 0 amide bonds. The van der Waals surface area contributed by atoms with Crippen LogP contribution in [0.4, 0.5) is 8.78 Å². The summed E-state index contributed by atoms with van der Waals surface area (Å²) in [5.74, 6) is -0.704. The molecule has 10 heteroatoms. The summed E-state index contributed by atoms with van der Waals surface area (Å²) in [5.41, 5.74) is 2.10. The standard InChI is InChI=1S/C28H30F2O6S2/c1-19(28(29,30)38(31,32)33)36-22-10-16-25(17-11-22)37(23-12-6-20(7-13-23)26(2,3)4)24-14-8-21(9-15-24)27(5)34-18-35-27/h6-17,19H,18H2,1-5H3/p+1. The molecule has 0 bridgehead atoms. The summed E-state index contributed by atoms with van der Waals surface area (Å²) in [6, 6.07) is 22.9. The average molecular weight is 566 g/mol. The molecule has 1 saturated heterocycles. The highest BCUT2D eigenvalue weighted by Gasteiger charge is 2.51. The Morgan fingerprint density at radius 3 is 1.74 bits per heavy atom. The first-order valence-electron chi connectivity index (χ1n) is 12.0. The van der Waals surface area contributed by atoms with Gasteiger partial charge >= 0.3 is 15.4 Å². The fraction of sp³-hybridized carbons (Fsp3) is 0.357. The lowest BCUT2D eigenvalue weighted by atomic mass is 9.87. The van der Waals surface area contributed by atoms with E-state index in [1.807, 2.05) is 31.2 Å². The molecule has 38 heavy (non-hydrogen) atoms. The van der Waals surface area contributed by atoms with Crippen molar-refractivity contribution in [3.05, 3.63) is 83.9 Å². The number of alkyl halides is 2. The summed E-state index contributed by atoms with van der Waals surface area (Å²) in [6.45, 7) is 9.46. The molecule has 1 aliphatic heterocycles. The van der Waals surface area contributed by atoms with Crippen LogP contribution >= 0.6 is 0 Å². The zero-order valence-electron chi connectivity index (χ0n) is 21.8. The van der Waals surface area contributed by atoms with Gasteiger partial charge in [0.2, 0.25) is 0 Å². The maximum absolute atomic E-state index is 13.9. The minimum absolute atomic E-state index is 0.00318. The van der Waals surface area contributed by atoms with Crippen molar-refractivity contribution in [2.45, 2.75) is 71.9 Å². The molecule has 0 radical (unpaired) electrons. The Morgan fingerprint density at radius 2 is 1.34 bits per heavy atom. The first-order chi connectivity index (χ1) is 17.6. The first-order valence-corrected chi connectivity index (χ1v) is 14.6. The van der Waals surface area contributed by atoms with Crippen molar-refractivity contribution >= 4 is 21.0 Å². The molecule has 2 unspecified atom stereocenters. The van der Waals surface area contributed by atoms with Gasteiger partial charge in [0.1, 0.15) is 5.75 Å². The topological polar surface area (TPSA) is 82.1 Å². The normalized spacial score (nSPS) is 17.4. The Morgan fingerprint density at radius 1 is 0.895 bits per heavy atom. The lowest BCUT2D eigenvalue weighted by Gasteiger charge is -2.38. The van der Waals surface area contributed by atoms with Crippen LogP contribution in [-0.4, -0.2) is 31.1 Å². The Labute approximate surface area is 225 Å². The molecule has 204 valence electrons. The van der Waals surface area contributed by atoms with Crippen molar-refractivity contribution in [1.29, 1.82) is 0 Å². The molecule has 0 saturated carbocycles. The number of hydrogen-bond donors (Lipinski definition) is 1. The van der Waals surface area contributed by atoms with Crippen LogP contribution in [0.1, 0.15) is 45.7 Å². The molecule has 1 aliphatic rings. The summed E-state index contributed by atoms with van der Waals surface area (Å²) in [7, 11) is -6.16. The van der Waals surface area contributed by atoms with E-state index in [2.05, 4.69) is 45.0 Å². The summed E-state index contributed by atoms with van der Waals surface area (Å²) in [5, 5.41) is -4.45. The SMILES string of the molecule is CC(Oc1ccc([S+](c2ccc(C(C)(C)C)cc2)c2ccc(C3(C)OCO3)cc2)cc1)C(F)(F)S(=O)(=O)O. The molecule has 1 heterocycles. The van der Waals surface area contributed by atoms with E-state index in [4.69, 9.17) is 18.8 Å². The van der Waals surface area contributed by atoms with E-state index < -0.39 is 38.2 Å². The lowest BCUT2D eigenvalue weighted by molar-refractivity contribution is -0.399. The van der Waals surface area contributed by atoms with Gasteiger partial charge in [-0.15, -0.1) is 0 Å². The number of benzene rings is 3. The van der Waals surface area contributed by atoms with Gasteiger partial charge in [-0.05, 0) is 85.5 Å². The highest BCUT2D eigenvalue weighted by Crippen LogP contribution is 2.38. The van der Waals surface area contributed by atoms with E-state index in [0.717, 1.165) is 27.2 Å². The average Bonchev–Trinajstić information content (AvgIpc) is 2.83. The van der Waals surface area contributed by atoms with Gasteiger partial charge in [-0.2, -0.15) is 17.2 Å². The zero-order valence-corrected chi connectivity index (χ0v) is 23.4. The second-order valence-corrected chi connectivity index (χ2v) is 13.7. The molecule has 3 aromatic carbocycles. The van der Waals surface area contributed by atoms with Crippen molar-refractivity contribution in [3.8, 4) is 5.75 Å². The van der Waals surface area contributed by atoms with Crippen LogP contribution < -0.4 is 4.74 Å². The molecule has 1 N–H and O–H groups in total.